The highest BCUT2D eigenvalue weighted by molar-refractivity contribution is 6.20. The molecule has 0 aliphatic rings. The fourth-order valence-corrected chi connectivity index (χ4v) is 1.43. The minimum absolute atomic E-state index is 0.229. The van der Waals surface area contributed by atoms with E-state index in [4.69, 9.17) is 23.2 Å². The molecular formula is C10H11Cl2FN2O. The van der Waals surface area contributed by atoms with Crippen molar-refractivity contribution in [1.82, 2.24) is 10.2 Å². The van der Waals surface area contributed by atoms with Crippen molar-refractivity contribution in [2.75, 3.05) is 18.7 Å². The van der Waals surface area contributed by atoms with Gasteiger partial charge in [0.05, 0.1) is 18.7 Å². The Balaban J connectivity index is 2.49. The molecule has 6 heteroatoms. The zero-order chi connectivity index (χ0) is 12.0. The summed E-state index contributed by atoms with van der Waals surface area (Å²) in [6.45, 7) is 0.253. The molecule has 0 bridgehead atoms. The number of alkyl halides is 2. The third-order valence-corrected chi connectivity index (χ3v) is 2.58. The Morgan fingerprint density at radius 2 is 1.81 bits per heavy atom. The van der Waals surface area contributed by atoms with Gasteiger partial charge in [0.25, 0.3) is 5.91 Å². The molecule has 0 fully saturated rings. The smallest absolute Gasteiger partial charge is 0.252 e. The average Bonchev–Trinajstić information content (AvgIpc) is 2.31. The molecular weight excluding hydrogens is 254 g/mol. The topological polar surface area (TPSA) is 32.3 Å². The normalized spacial score (nSPS) is 10.5. The number of carbonyl (C=O) groups is 1. The van der Waals surface area contributed by atoms with Gasteiger partial charge in [-0.25, -0.2) is 4.39 Å². The van der Waals surface area contributed by atoms with Crippen molar-refractivity contribution < 1.29 is 9.18 Å². The predicted octanol–water partition coefficient (Wildman–Crippen LogP) is 2.21. The summed E-state index contributed by atoms with van der Waals surface area (Å²) >= 11 is 11.1. The molecule has 0 atom stereocenters. The summed E-state index contributed by atoms with van der Waals surface area (Å²) in [5.74, 6) is -0.667. The van der Waals surface area contributed by atoms with Gasteiger partial charge in [-0.05, 0) is 24.3 Å². The Hall–Kier alpha value is -0.840. The van der Waals surface area contributed by atoms with E-state index < -0.39 is 0 Å². The third-order valence-electron chi connectivity index (χ3n) is 1.91. The maximum atomic E-state index is 12.6. The van der Waals surface area contributed by atoms with Crippen LogP contribution in [0, 0.1) is 5.82 Å². The van der Waals surface area contributed by atoms with Gasteiger partial charge in [0, 0.05) is 5.56 Å². The molecule has 0 spiro atoms. The first-order valence-electron chi connectivity index (χ1n) is 4.55. The molecule has 0 unspecified atom stereocenters. The van der Waals surface area contributed by atoms with Crippen LogP contribution in [0.15, 0.2) is 24.3 Å². The molecule has 0 saturated heterocycles. The minimum atomic E-state index is -0.375. The van der Waals surface area contributed by atoms with Crippen LogP contribution < -0.4 is 5.32 Å². The lowest BCUT2D eigenvalue weighted by molar-refractivity contribution is 0.0932. The Labute approximate surface area is 103 Å². The number of nitrogens with zero attached hydrogens (tertiary/aromatic N) is 1. The molecule has 0 saturated carbocycles. The Morgan fingerprint density at radius 1 is 1.25 bits per heavy atom. The number of hydrogen-bond acceptors (Lipinski definition) is 2. The summed E-state index contributed by atoms with van der Waals surface area (Å²) < 4.78 is 12.6. The minimum Gasteiger partial charge on any atom is -0.339 e. The summed E-state index contributed by atoms with van der Waals surface area (Å²) in [6, 6.07) is 5.75. The fraction of sp³-hybridized carbons (Fsp3) is 0.300. The van der Waals surface area contributed by atoms with E-state index in [9.17, 15) is 9.18 Å². The van der Waals surface area contributed by atoms with E-state index >= 15 is 0 Å². The highest BCUT2D eigenvalue weighted by Gasteiger charge is 2.07. The van der Waals surface area contributed by atoms with E-state index in [0.29, 0.717) is 5.56 Å². The standard InChI is InChI=1S/C10H11Cl2FN2O/c11-5-15(6-12)7-14-10(16)8-1-3-9(13)4-2-8/h1-4H,5-7H2,(H,14,16). The van der Waals surface area contributed by atoms with Crippen molar-refractivity contribution in [2.24, 2.45) is 0 Å². The highest BCUT2D eigenvalue weighted by Crippen LogP contribution is 2.02. The molecule has 1 N–H and O–H groups in total. The summed E-state index contributed by atoms with van der Waals surface area (Å²) in [6.07, 6.45) is 0. The van der Waals surface area contributed by atoms with Crippen LogP contribution in [0.5, 0.6) is 0 Å². The van der Waals surface area contributed by atoms with E-state index in [1.807, 2.05) is 0 Å². The van der Waals surface area contributed by atoms with Gasteiger partial charge in [-0.3, -0.25) is 9.69 Å². The number of hydrogen-bond donors (Lipinski definition) is 1. The van der Waals surface area contributed by atoms with Gasteiger partial charge in [-0.15, -0.1) is 23.2 Å². The second-order valence-electron chi connectivity index (χ2n) is 3.08. The summed E-state index contributed by atoms with van der Waals surface area (Å²) in [4.78, 5) is 13.2. The van der Waals surface area contributed by atoms with E-state index in [2.05, 4.69) is 5.32 Å². The second-order valence-corrected chi connectivity index (χ2v) is 3.56. The lowest BCUT2D eigenvalue weighted by Gasteiger charge is -2.16. The third kappa shape index (κ3) is 3.96. The molecule has 1 aromatic carbocycles. The van der Waals surface area contributed by atoms with Gasteiger partial charge < -0.3 is 5.32 Å². The molecule has 0 aliphatic heterocycles. The van der Waals surface area contributed by atoms with Crippen LogP contribution in [0.4, 0.5) is 4.39 Å². The van der Waals surface area contributed by atoms with Crippen LogP contribution in [0.3, 0.4) is 0 Å². The van der Waals surface area contributed by atoms with Crippen LogP contribution in [0.1, 0.15) is 10.4 Å². The number of benzene rings is 1. The number of amides is 1. The number of halogens is 3. The quantitative estimate of drug-likeness (QED) is 0.503. The summed E-state index contributed by atoms with van der Waals surface area (Å²) in [5, 5.41) is 2.62. The molecule has 0 heterocycles. The van der Waals surface area contributed by atoms with Crippen LogP contribution in [-0.4, -0.2) is 29.5 Å². The van der Waals surface area contributed by atoms with Crippen LogP contribution in [0.25, 0.3) is 0 Å². The molecule has 1 amide bonds. The van der Waals surface area contributed by atoms with Gasteiger partial charge in [-0.2, -0.15) is 0 Å². The van der Waals surface area contributed by atoms with E-state index in [0.717, 1.165) is 0 Å². The first-order valence-corrected chi connectivity index (χ1v) is 5.62. The average molecular weight is 265 g/mol. The van der Waals surface area contributed by atoms with E-state index in [1.54, 1.807) is 4.90 Å². The highest BCUT2D eigenvalue weighted by atomic mass is 35.5. The van der Waals surface area contributed by atoms with E-state index in [-0.39, 0.29) is 30.4 Å². The van der Waals surface area contributed by atoms with Crippen molar-refractivity contribution in [3.8, 4) is 0 Å². The Kier molecular flexibility index (Phi) is 5.52. The maximum absolute atomic E-state index is 12.6. The Morgan fingerprint density at radius 3 is 2.31 bits per heavy atom. The molecule has 0 radical (unpaired) electrons. The van der Waals surface area contributed by atoms with Gasteiger partial charge in [-0.1, -0.05) is 0 Å². The Bertz CT molecular complexity index is 341. The van der Waals surface area contributed by atoms with Crippen molar-refractivity contribution in [3.63, 3.8) is 0 Å². The SMILES string of the molecule is O=C(NCN(CCl)CCl)c1ccc(F)cc1. The first-order chi connectivity index (χ1) is 7.67. The lowest BCUT2D eigenvalue weighted by Crippen LogP contribution is -2.36. The zero-order valence-electron chi connectivity index (χ0n) is 8.42. The van der Waals surface area contributed by atoms with Gasteiger partial charge in [0.1, 0.15) is 5.82 Å². The molecule has 88 valence electrons. The van der Waals surface area contributed by atoms with Gasteiger partial charge >= 0.3 is 0 Å². The van der Waals surface area contributed by atoms with Crippen molar-refractivity contribution >= 4 is 29.1 Å². The second kappa shape index (κ2) is 6.68. The summed E-state index contributed by atoms with van der Waals surface area (Å²) in [7, 11) is 0. The zero-order valence-corrected chi connectivity index (χ0v) is 9.93. The van der Waals surface area contributed by atoms with Crippen molar-refractivity contribution in [1.29, 1.82) is 0 Å². The number of rotatable bonds is 5. The first kappa shape index (κ1) is 13.2. The van der Waals surface area contributed by atoms with Gasteiger partial charge in [0.15, 0.2) is 0 Å². The van der Waals surface area contributed by atoms with Gasteiger partial charge in [0.2, 0.25) is 0 Å². The van der Waals surface area contributed by atoms with E-state index in [1.165, 1.54) is 24.3 Å². The van der Waals surface area contributed by atoms with Crippen LogP contribution in [0.2, 0.25) is 0 Å². The van der Waals surface area contributed by atoms with Crippen LogP contribution >= 0.6 is 23.2 Å². The molecule has 1 aromatic rings. The molecule has 0 aromatic heterocycles. The van der Waals surface area contributed by atoms with Crippen molar-refractivity contribution in [2.45, 2.75) is 0 Å². The maximum Gasteiger partial charge on any atom is 0.252 e. The van der Waals surface area contributed by atoms with Crippen LogP contribution in [-0.2, 0) is 0 Å². The lowest BCUT2D eigenvalue weighted by atomic mass is 10.2. The summed E-state index contributed by atoms with van der Waals surface area (Å²) in [5.41, 5.74) is 0.394. The monoisotopic (exact) mass is 264 g/mol. The molecule has 16 heavy (non-hydrogen) atoms. The number of nitrogens with one attached hydrogen (secondary N) is 1. The van der Waals surface area contributed by atoms with Crippen molar-refractivity contribution in [3.05, 3.63) is 35.6 Å². The molecule has 1 rings (SSSR count). The number of carbonyl (C=O) groups excluding carboxylic acids is 1. The fourth-order valence-electron chi connectivity index (χ4n) is 1.00. The largest absolute Gasteiger partial charge is 0.339 e. The molecule has 3 nitrogen and oxygen atoms in total. The predicted molar refractivity (Wildman–Crippen MR) is 62.0 cm³/mol. The molecule has 0 aliphatic carbocycles.